The van der Waals surface area contributed by atoms with Crippen LogP contribution in [0.3, 0.4) is 0 Å². The van der Waals surface area contributed by atoms with Crippen molar-refractivity contribution in [3.8, 4) is 0 Å². The average Bonchev–Trinajstić information content (AvgIpc) is 2.75. The minimum absolute atomic E-state index is 0.00277. The number of rotatable bonds is 6. The third-order valence-corrected chi connectivity index (χ3v) is 5.04. The molecule has 1 fully saturated rings. The van der Waals surface area contributed by atoms with Crippen LogP contribution in [0.1, 0.15) is 25.7 Å². The maximum atomic E-state index is 11.0. The van der Waals surface area contributed by atoms with Gasteiger partial charge in [0.05, 0.1) is 17.2 Å². The Morgan fingerprint density at radius 1 is 1.17 bits per heavy atom. The van der Waals surface area contributed by atoms with E-state index in [1.807, 2.05) is 0 Å². The Morgan fingerprint density at radius 2 is 2.00 bits per heavy atom. The normalized spacial score (nSPS) is 19.1. The van der Waals surface area contributed by atoms with Gasteiger partial charge in [0.1, 0.15) is 17.4 Å². The lowest BCUT2D eigenvalue weighted by atomic mass is 9.93. The number of anilines is 3. The van der Waals surface area contributed by atoms with Crippen LogP contribution in [-0.4, -0.2) is 44.1 Å². The van der Waals surface area contributed by atoms with Gasteiger partial charge < -0.3 is 15.4 Å². The standard InChI is InChI=1S/C19H21N7O3/c1-29-15-7-5-12(6-8-15)24-19-20-10-16-17(25-19)18(22-11-21-16)23-13-3-2-4-14(9-13)26(27)28/h2-4,9-12,15H,5-8H2,1H3,(H,20,24,25)(H,21,22,23)/t12-,15-. The maximum absolute atomic E-state index is 11.0. The van der Waals surface area contributed by atoms with Crippen LogP contribution in [0.5, 0.6) is 0 Å². The molecule has 3 aromatic rings. The molecule has 2 heterocycles. The Labute approximate surface area is 166 Å². The minimum Gasteiger partial charge on any atom is -0.381 e. The van der Waals surface area contributed by atoms with Gasteiger partial charge >= 0.3 is 0 Å². The number of hydrogen-bond acceptors (Lipinski definition) is 9. The van der Waals surface area contributed by atoms with Gasteiger partial charge in [-0.25, -0.2) is 19.9 Å². The van der Waals surface area contributed by atoms with Crippen LogP contribution < -0.4 is 10.6 Å². The lowest BCUT2D eigenvalue weighted by molar-refractivity contribution is -0.384. The summed E-state index contributed by atoms with van der Waals surface area (Å²) in [6.45, 7) is 0. The highest BCUT2D eigenvalue weighted by Crippen LogP contribution is 2.26. The molecule has 10 nitrogen and oxygen atoms in total. The zero-order valence-electron chi connectivity index (χ0n) is 15.9. The summed E-state index contributed by atoms with van der Waals surface area (Å²) in [6, 6.07) is 6.52. The van der Waals surface area contributed by atoms with Crippen molar-refractivity contribution in [1.29, 1.82) is 0 Å². The summed E-state index contributed by atoms with van der Waals surface area (Å²) in [5.74, 6) is 0.972. The number of nitro groups is 1. The van der Waals surface area contributed by atoms with Gasteiger partial charge in [0.2, 0.25) is 5.95 Å². The van der Waals surface area contributed by atoms with Crippen molar-refractivity contribution in [2.75, 3.05) is 17.7 Å². The summed E-state index contributed by atoms with van der Waals surface area (Å²) in [4.78, 5) is 28.0. The van der Waals surface area contributed by atoms with Gasteiger partial charge in [-0.1, -0.05) is 6.07 Å². The van der Waals surface area contributed by atoms with Gasteiger partial charge in [-0.05, 0) is 31.7 Å². The Morgan fingerprint density at radius 3 is 2.76 bits per heavy atom. The number of ether oxygens (including phenoxy) is 1. The molecule has 0 aliphatic heterocycles. The van der Waals surface area contributed by atoms with E-state index in [9.17, 15) is 10.1 Å². The second-order valence-corrected chi connectivity index (χ2v) is 6.94. The quantitative estimate of drug-likeness (QED) is 0.476. The molecule has 150 valence electrons. The molecule has 0 amide bonds. The Bertz CT molecular complexity index is 1020. The van der Waals surface area contributed by atoms with Crippen LogP contribution in [-0.2, 0) is 4.74 Å². The van der Waals surface area contributed by atoms with Crippen molar-refractivity contribution >= 4 is 34.2 Å². The summed E-state index contributed by atoms with van der Waals surface area (Å²) in [6.07, 6.45) is 7.36. The average molecular weight is 395 g/mol. The highest BCUT2D eigenvalue weighted by Gasteiger charge is 2.21. The van der Waals surface area contributed by atoms with E-state index in [2.05, 4.69) is 30.6 Å². The summed E-state index contributed by atoms with van der Waals surface area (Å²) in [7, 11) is 1.75. The summed E-state index contributed by atoms with van der Waals surface area (Å²) in [5.41, 5.74) is 1.67. The Kier molecular flexibility index (Phi) is 5.43. The third-order valence-electron chi connectivity index (χ3n) is 5.04. The van der Waals surface area contributed by atoms with Crippen LogP contribution >= 0.6 is 0 Å². The molecule has 2 N–H and O–H groups in total. The molecule has 0 unspecified atom stereocenters. The zero-order valence-corrected chi connectivity index (χ0v) is 15.9. The van der Waals surface area contributed by atoms with Crippen molar-refractivity contribution in [2.45, 2.75) is 37.8 Å². The predicted molar refractivity (Wildman–Crippen MR) is 108 cm³/mol. The summed E-state index contributed by atoms with van der Waals surface area (Å²) < 4.78 is 5.42. The van der Waals surface area contributed by atoms with E-state index in [0.29, 0.717) is 34.6 Å². The van der Waals surface area contributed by atoms with E-state index in [0.717, 1.165) is 25.7 Å². The number of benzene rings is 1. The SMILES string of the molecule is CO[C@H]1CC[C@H](Nc2ncc3ncnc(Nc4cccc([N+](=O)[O-])c4)c3n2)CC1. The first-order chi connectivity index (χ1) is 14.1. The topological polar surface area (TPSA) is 128 Å². The number of non-ortho nitro benzene ring substituents is 1. The molecule has 1 aromatic carbocycles. The maximum Gasteiger partial charge on any atom is 0.271 e. The molecular weight excluding hydrogens is 374 g/mol. The zero-order chi connectivity index (χ0) is 20.2. The van der Waals surface area contributed by atoms with E-state index in [4.69, 9.17) is 4.74 Å². The molecule has 0 radical (unpaired) electrons. The molecule has 29 heavy (non-hydrogen) atoms. The van der Waals surface area contributed by atoms with Gasteiger partial charge in [0.15, 0.2) is 5.82 Å². The smallest absolute Gasteiger partial charge is 0.271 e. The molecule has 0 spiro atoms. The monoisotopic (exact) mass is 395 g/mol. The first-order valence-electron chi connectivity index (χ1n) is 9.41. The van der Waals surface area contributed by atoms with E-state index in [1.54, 1.807) is 25.4 Å². The van der Waals surface area contributed by atoms with E-state index in [1.165, 1.54) is 18.5 Å². The number of nitrogens with one attached hydrogen (secondary N) is 2. The van der Waals surface area contributed by atoms with Gasteiger partial charge in [-0.3, -0.25) is 10.1 Å². The van der Waals surface area contributed by atoms with Crippen molar-refractivity contribution < 1.29 is 9.66 Å². The molecule has 10 heteroatoms. The third kappa shape index (κ3) is 4.37. The second-order valence-electron chi connectivity index (χ2n) is 6.94. The van der Waals surface area contributed by atoms with Crippen molar-refractivity contribution in [3.63, 3.8) is 0 Å². The fourth-order valence-corrected chi connectivity index (χ4v) is 3.47. The molecule has 0 bridgehead atoms. The number of aromatic nitrogens is 4. The molecule has 4 rings (SSSR count). The van der Waals surface area contributed by atoms with Gasteiger partial charge in [0, 0.05) is 31.0 Å². The largest absolute Gasteiger partial charge is 0.381 e. The second kappa shape index (κ2) is 8.31. The number of nitrogens with zero attached hydrogens (tertiary/aromatic N) is 5. The van der Waals surface area contributed by atoms with Crippen LogP contribution in [0.2, 0.25) is 0 Å². The van der Waals surface area contributed by atoms with Crippen molar-refractivity contribution in [2.24, 2.45) is 0 Å². The molecule has 2 aromatic heterocycles. The van der Waals surface area contributed by atoms with Crippen molar-refractivity contribution in [3.05, 3.63) is 46.9 Å². The molecular formula is C19H21N7O3. The number of hydrogen-bond donors (Lipinski definition) is 2. The van der Waals surface area contributed by atoms with E-state index < -0.39 is 4.92 Å². The van der Waals surface area contributed by atoms with Gasteiger partial charge in [-0.15, -0.1) is 0 Å². The number of methoxy groups -OCH3 is 1. The molecule has 1 aliphatic carbocycles. The van der Waals surface area contributed by atoms with Crippen LogP contribution in [0.4, 0.5) is 23.1 Å². The van der Waals surface area contributed by atoms with Crippen LogP contribution in [0, 0.1) is 10.1 Å². The fraction of sp³-hybridized carbons (Fsp3) is 0.368. The Hall–Kier alpha value is -3.40. The van der Waals surface area contributed by atoms with Crippen LogP contribution in [0.15, 0.2) is 36.8 Å². The fourth-order valence-electron chi connectivity index (χ4n) is 3.47. The first kappa shape index (κ1) is 18.9. The number of fused-ring (bicyclic) bond motifs is 1. The highest BCUT2D eigenvalue weighted by atomic mass is 16.6. The minimum atomic E-state index is -0.439. The highest BCUT2D eigenvalue weighted by molar-refractivity contribution is 5.87. The summed E-state index contributed by atoms with van der Waals surface area (Å²) >= 11 is 0. The molecule has 0 atom stereocenters. The van der Waals surface area contributed by atoms with Gasteiger partial charge in [0.25, 0.3) is 5.69 Å². The van der Waals surface area contributed by atoms with Crippen LogP contribution in [0.25, 0.3) is 11.0 Å². The first-order valence-corrected chi connectivity index (χ1v) is 9.41. The number of nitro benzene ring substituents is 1. The molecule has 1 aliphatic rings. The van der Waals surface area contributed by atoms with E-state index >= 15 is 0 Å². The summed E-state index contributed by atoms with van der Waals surface area (Å²) in [5, 5.41) is 17.5. The molecule has 0 saturated heterocycles. The Balaban J connectivity index is 1.56. The van der Waals surface area contributed by atoms with Gasteiger partial charge in [-0.2, -0.15) is 0 Å². The molecule has 1 saturated carbocycles. The lowest BCUT2D eigenvalue weighted by Crippen LogP contribution is -2.29. The van der Waals surface area contributed by atoms with E-state index in [-0.39, 0.29) is 11.7 Å². The predicted octanol–water partition coefficient (Wildman–Crippen LogP) is 3.44. The lowest BCUT2D eigenvalue weighted by Gasteiger charge is -2.28. The van der Waals surface area contributed by atoms with Crippen molar-refractivity contribution in [1.82, 2.24) is 19.9 Å².